The Hall–Kier alpha value is -0.610. The van der Waals surface area contributed by atoms with Crippen molar-refractivity contribution >= 4 is 5.91 Å². The second-order valence-electron chi connectivity index (χ2n) is 6.58. The van der Waals surface area contributed by atoms with E-state index in [1.165, 1.54) is 32.1 Å². The fourth-order valence-corrected chi connectivity index (χ4v) is 3.69. The summed E-state index contributed by atoms with van der Waals surface area (Å²) in [5.41, 5.74) is 5.91. The van der Waals surface area contributed by atoms with E-state index in [1.807, 2.05) is 6.92 Å². The van der Waals surface area contributed by atoms with Crippen LogP contribution in [0.5, 0.6) is 0 Å². The molecule has 1 unspecified atom stereocenters. The summed E-state index contributed by atoms with van der Waals surface area (Å²) in [5, 5.41) is 0. The summed E-state index contributed by atoms with van der Waals surface area (Å²) in [7, 11) is 2.18. The minimum Gasteiger partial charge on any atom is -0.334 e. The molecule has 1 aliphatic carbocycles. The van der Waals surface area contributed by atoms with Crippen LogP contribution in [0, 0.1) is 0 Å². The number of carbonyl (C=O) groups excluding carboxylic acids is 1. The smallest absolute Gasteiger partial charge is 0.223 e. The molecule has 0 aromatic heterocycles. The fraction of sp³-hybridized carbons (Fsp3) is 0.933. The van der Waals surface area contributed by atoms with E-state index in [0.29, 0.717) is 12.3 Å². The summed E-state index contributed by atoms with van der Waals surface area (Å²) in [6.45, 7) is 4.94. The molecule has 4 heteroatoms. The molecule has 1 aliphatic heterocycles. The van der Waals surface area contributed by atoms with Crippen LogP contribution in [0.3, 0.4) is 0 Å². The zero-order valence-corrected chi connectivity index (χ0v) is 12.5. The van der Waals surface area contributed by atoms with Gasteiger partial charge >= 0.3 is 0 Å². The van der Waals surface area contributed by atoms with E-state index in [4.69, 9.17) is 5.73 Å². The maximum atomic E-state index is 12.5. The second-order valence-corrected chi connectivity index (χ2v) is 6.58. The Morgan fingerprint density at radius 3 is 2.58 bits per heavy atom. The second kappa shape index (κ2) is 6.23. The Kier molecular flexibility index (Phi) is 4.85. The van der Waals surface area contributed by atoms with Crippen LogP contribution < -0.4 is 5.73 Å². The zero-order chi connectivity index (χ0) is 13.9. The Morgan fingerprint density at radius 2 is 1.95 bits per heavy atom. The summed E-state index contributed by atoms with van der Waals surface area (Å²) >= 11 is 0. The highest BCUT2D eigenvalue weighted by atomic mass is 16.2. The third-order valence-electron chi connectivity index (χ3n) is 4.74. The molecule has 1 spiro atoms. The van der Waals surface area contributed by atoms with Crippen LogP contribution in [0.25, 0.3) is 0 Å². The topological polar surface area (TPSA) is 49.6 Å². The number of likely N-dealkylation sites (N-methyl/N-ethyl adjacent to an activating group) is 1. The SMILES string of the molecule is CC(N)CCC(=O)N1CCN(C)CC12CCCCC2. The van der Waals surface area contributed by atoms with Gasteiger partial charge in [0.15, 0.2) is 0 Å². The average Bonchev–Trinajstić information content (AvgIpc) is 2.37. The lowest BCUT2D eigenvalue weighted by molar-refractivity contribution is -0.144. The summed E-state index contributed by atoms with van der Waals surface area (Å²) in [6, 6.07) is 0.124. The standard InChI is InChI=1S/C15H29N3O/c1-13(16)6-7-14(19)18-11-10-17(2)12-15(18)8-4-3-5-9-15/h13H,3-12,16H2,1-2H3. The van der Waals surface area contributed by atoms with Crippen molar-refractivity contribution in [3.8, 4) is 0 Å². The van der Waals surface area contributed by atoms with E-state index in [2.05, 4.69) is 16.8 Å². The highest BCUT2D eigenvalue weighted by Gasteiger charge is 2.43. The molecule has 1 heterocycles. The molecular formula is C15H29N3O. The molecule has 4 nitrogen and oxygen atoms in total. The first kappa shape index (κ1) is 14.8. The largest absolute Gasteiger partial charge is 0.334 e. The molecule has 0 bridgehead atoms. The summed E-state index contributed by atoms with van der Waals surface area (Å²) in [6.07, 6.45) is 7.65. The molecule has 1 amide bonds. The number of carbonyl (C=O) groups is 1. The van der Waals surface area contributed by atoms with Gasteiger partial charge in [0.25, 0.3) is 0 Å². The maximum absolute atomic E-state index is 12.5. The van der Waals surface area contributed by atoms with Gasteiger partial charge < -0.3 is 15.5 Å². The average molecular weight is 267 g/mol. The van der Waals surface area contributed by atoms with Gasteiger partial charge in [0.2, 0.25) is 5.91 Å². The molecule has 0 radical (unpaired) electrons. The fourth-order valence-electron chi connectivity index (χ4n) is 3.69. The van der Waals surface area contributed by atoms with Crippen molar-refractivity contribution in [1.82, 2.24) is 9.80 Å². The minimum atomic E-state index is 0.124. The lowest BCUT2D eigenvalue weighted by Gasteiger charge is -2.52. The van der Waals surface area contributed by atoms with Crippen LogP contribution >= 0.6 is 0 Å². The van der Waals surface area contributed by atoms with Gasteiger partial charge in [0, 0.05) is 32.1 Å². The minimum absolute atomic E-state index is 0.124. The van der Waals surface area contributed by atoms with Gasteiger partial charge in [0.05, 0.1) is 5.54 Å². The Labute approximate surface area is 117 Å². The van der Waals surface area contributed by atoms with Crippen LogP contribution in [0.1, 0.15) is 51.9 Å². The lowest BCUT2D eigenvalue weighted by atomic mass is 9.78. The quantitative estimate of drug-likeness (QED) is 0.845. The molecule has 1 atom stereocenters. The third-order valence-corrected chi connectivity index (χ3v) is 4.74. The number of rotatable bonds is 3. The van der Waals surface area contributed by atoms with Gasteiger partial charge in [-0.05, 0) is 33.2 Å². The van der Waals surface area contributed by atoms with E-state index >= 15 is 0 Å². The Morgan fingerprint density at radius 1 is 1.26 bits per heavy atom. The van der Waals surface area contributed by atoms with Crippen LogP contribution in [0.2, 0.25) is 0 Å². The predicted octanol–water partition coefficient (Wildman–Crippen LogP) is 1.59. The lowest BCUT2D eigenvalue weighted by Crippen LogP contribution is -2.63. The van der Waals surface area contributed by atoms with Crippen molar-refractivity contribution < 1.29 is 4.79 Å². The van der Waals surface area contributed by atoms with E-state index in [0.717, 1.165) is 26.1 Å². The maximum Gasteiger partial charge on any atom is 0.223 e. The Balaban J connectivity index is 2.05. The number of nitrogens with two attached hydrogens (primary N) is 1. The first-order chi connectivity index (χ1) is 9.03. The van der Waals surface area contributed by atoms with Crippen molar-refractivity contribution in [2.75, 3.05) is 26.7 Å². The molecule has 19 heavy (non-hydrogen) atoms. The summed E-state index contributed by atoms with van der Waals surface area (Å²) < 4.78 is 0. The predicted molar refractivity (Wildman–Crippen MR) is 77.9 cm³/mol. The highest BCUT2D eigenvalue weighted by molar-refractivity contribution is 5.77. The Bertz CT molecular complexity index is 311. The number of piperazine rings is 1. The zero-order valence-electron chi connectivity index (χ0n) is 12.5. The van der Waals surface area contributed by atoms with Crippen molar-refractivity contribution in [2.24, 2.45) is 5.73 Å². The first-order valence-corrected chi connectivity index (χ1v) is 7.78. The van der Waals surface area contributed by atoms with Crippen molar-refractivity contribution in [2.45, 2.75) is 63.5 Å². The first-order valence-electron chi connectivity index (χ1n) is 7.78. The summed E-state index contributed by atoms with van der Waals surface area (Å²) in [4.78, 5) is 17.1. The van der Waals surface area contributed by atoms with E-state index in [1.54, 1.807) is 0 Å². The normalized spacial score (nSPS) is 25.5. The van der Waals surface area contributed by atoms with E-state index in [9.17, 15) is 4.79 Å². The van der Waals surface area contributed by atoms with Crippen LogP contribution in [0.4, 0.5) is 0 Å². The van der Waals surface area contributed by atoms with Crippen LogP contribution in [0.15, 0.2) is 0 Å². The van der Waals surface area contributed by atoms with Gasteiger partial charge in [-0.25, -0.2) is 0 Å². The van der Waals surface area contributed by atoms with Crippen LogP contribution in [-0.4, -0.2) is 54.0 Å². The van der Waals surface area contributed by atoms with Gasteiger partial charge in [-0.3, -0.25) is 4.79 Å². The van der Waals surface area contributed by atoms with Gasteiger partial charge in [-0.1, -0.05) is 19.3 Å². The molecule has 1 saturated carbocycles. The summed E-state index contributed by atoms with van der Waals surface area (Å²) in [5.74, 6) is 0.326. The van der Waals surface area contributed by atoms with Gasteiger partial charge in [-0.2, -0.15) is 0 Å². The molecular weight excluding hydrogens is 238 g/mol. The molecule has 2 fully saturated rings. The van der Waals surface area contributed by atoms with Gasteiger partial charge in [0.1, 0.15) is 0 Å². The molecule has 110 valence electrons. The van der Waals surface area contributed by atoms with E-state index in [-0.39, 0.29) is 11.6 Å². The van der Waals surface area contributed by atoms with Crippen molar-refractivity contribution in [3.63, 3.8) is 0 Å². The molecule has 2 rings (SSSR count). The van der Waals surface area contributed by atoms with Crippen molar-refractivity contribution in [1.29, 1.82) is 0 Å². The number of hydrogen-bond acceptors (Lipinski definition) is 3. The number of hydrogen-bond donors (Lipinski definition) is 1. The van der Waals surface area contributed by atoms with Gasteiger partial charge in [-0.15, -0.1) is 0 Å². The van der Waals surface area contributed by atoms with E-state index < -0.39 is 0 Å². The molecule has 0 aromatic rings. The molecule has 2 N–H and O–H groups in total. The van der Waals surface area contributed by atoms with Crippen LogP contribution in [-0.2, 0) is 4.79 Å². The molecule has 0 aromatic carbocycles. The number of amides is 1. The third kappa shape index (κ3) is 3.48. The monoisotopic (exact) mass is 267 g/mol. The number of nitrogens with zero attached hydrogens (tertiary/aromatic N) is 2. The van der Waals surface area contributed by atoms with Crippen molar-refractivity contribution in [3.05, 3.63) is 0 Å². The molecule has 1 saturated heterocycles. The highest BCUT2D eigenvalue weighted by Crippen LogP contribution is 2.36. The molecule has 2 aliphatic rings.